The van der Waals surface area contributed by atoms with Gasteiger partial charge in [-0.15, -0.1) is 11.3 Å². The van der Waals surface area contributed by atoms with E-state index < -0.39 is 17.2 Å². The molecule has 0 radical (unpaired) electrons. The van der Waals surface area contributed by atoms with Crippen LogP contribution >= 0.6 is 11.3 Å². The number of aliphatic hydroxyl groups is 1. The van der Waals surface area contributed by atoms with Crippen molar-refractivity contribution in [1.82, 2.24) is 15.3 Å². The average molecular weight is 403 g/mol. The SMILES string of the molecule is Cc1ccncc1C(=O)N[C@]1(C)CCOC2(CCN(c3nccs3)CC2)C1O. The first-order valence-electron chi connectivity index (χ1n) is 9.63. The normalized spacial score (nSPS) is 27.0. The summed E-state index contributed by atoms with van der Waals surface area (Å²) in [5.41, 5.74) is 0.0121. The molecule has 150 valence electrons. The summed E-state index contributed by atoms with van der Waals surface area (Å²) in [5, 5.41) is 17.4. The van der Waals surface area contributed by atoms with Gasteiger partial charge in [0, 0.05) is 43.7 Å². The Kier molecular flexibility index (Phi) is 5.11. The molecule has 0 aromatic carbocycles. The monoisotopic (exact) mass is 402 g/mol. The number of piperidine rings is 1. The second-order valence-electron chi connectivity index (χ2n) is 7.93. The van der Waals surface area contributed by atoms with E-state index >= 15 is 0 Å². The van der Waals surface area contributed by atoms with Crippen LogP contribution in [0.15, 0.2) is 30.0 Å². The van der Waals surface area contributed by atoms with Crippen LogP contribution in [0, 0.1) is 6.92 Å². The van der Waals surface area contributed by atoms with Crippen molar-refractivity contribution in [2.24, 2.45) is 0 Å². The first kappa shape index (κ1) is 19.3. The molecule has 28 heavy (non-hydrogen) atoms. The van der Waals surface area contributed by atoms with Crippen LogP contribution in [-0.2, 0) is 4.74 Å². The van der Waals surface area contributed by atoms with Crippen molar-refractivity contribution in [1.29, 1.82) is 0 Å². The van der Waals surface area contributed by atoms with Gasteiger partial charge in [0.15, 0.2) is 5.13 Å². The van der Waals surface area contributed by atoms with Crippen LogP contribution in [0.2, 0.25) is 0 Å². The van der Waals surface area contributed by atoms with Crippen molar-refractivity contribution in [2.75, 3.05) is 24.6 Å². The molecule has 2 N–H and O–H groups in total. The van der Waals surface area contributed by atoms with Gasteiger partial charge in [0.05, 0.1) is 16.7 Å². The summed E-state index contributed by atoms with van der Waals surface area (Å²) in [7, 11) is 0. The van der Waals surface area contributed by atoms with Crippen LogP contribution in [0.4, 0.5) is 5.13 Å². The summed E-state index contributed by atoms with van der Waals surface area (Å²) >= 11 is 1.62. The molecule has 8 heteroatoms. The Morgan fingerprint density at radius 2 is 2.14 bits per heavy atom. The van der Waals surface area contributed by atoms with Crippen molar-refractivity contribution in [3.63, 3.8) is 0 Å². The van der Waals surface area contributed by atoms with Crippen LogP contribution in [-0.4, -0.2) is 57.9 Å². The van der Waals surface area contributed by atoms with Gasteiger partial charge in [0.1, 0.15) is 6.10 Å². The number of nitrogens with one attached hydrogen (secondary N) is 1. The lowest BCUT2D eigenvalue weighted by Crippen LogP contribution is -2.69. The van der Waals surface area contributed by atoms with Gasteiger partial charge in [0.2, 0.25) is 0 Å². The van der Waals surface area contributed by atoms with Gasteiger partial charge in [0.25, 0.3) is 5.91 Å². The Morgan fingerprint density at radius 3 is 2.82 bits per heavy atom. The Labute approximate surface area is 168 Å². The lowest BCUT2D eigenvalue weighted by atomic mass is 9.73. The number of aryl methyl sites for hydroxylation is 1. The van der Waals surface area contributed by atoms with E-state index in [1.54, 1.807) is 23.7 Å². The summed E-state index contributed by atoms with van der Waals surface area (Å²) in [4.78, 5) is 23.5. The summed E-state index contributed by atoms with van der Waals surface area (Å²) in [6, 6.07) is 1.81. The van der Waals surface area contributed by atoms with Crippen LogP contribution in [0.5, 0.6) is 0 Å². The smallest absolute Gasteiger partial charge is 0.253 e. The molecule has 0 aliphatic carbocycles. The first-order chi connectivity index (χ1) is 13.4. The number of thiazole rings is 1. The molecule has 0 saturated carbocycles. The summed E-state index contributed by atoms with van der Waals surface area (Å²) in [5.74, 6) is -0.204. The topological polar surface area (TPSA) is 87.6 Å². The van der Waals surface area contributed by atoms with Crippen LogP contribution in [0.25, 0.3) is 0 Å². The van der Waals surface area contributed by atoms with Gasteiger partial charge < -0.3 is 20.1 Å². The number of hydrogen-bond acceptors (Lipinski definition) is 7. The maximum atomic E-state index is 12.8. The van der Waals surface area contributed by atoms with Gasteiger partial charge in [-0.25, -0.2) is 4.98 Å². The molecule has 1 amide bonds. The summed E-state index contributed by atoms with van der Waals surface area (Å²) in [6.07, 6.45) is 6.23. The van der Waals surface area contributed by atoms with E-state index in [2.05, 4.69) is 20.2 Å². The third kappa shape index (κ3) is 3.40. The van der Waals surface area contributed by atoms with Crippen molar-refractivity contribution >= 4 is 22.4 Å². The minimum Gasteiger partial charge on any atom is -0.388 e. The Bertz CT molecular complexity index is 836. The van der Waals surface area contributed by atoms with Crippen molar-refractivity contribution in [2.45, 2.75) is 50.4 Å². The minimum atomic E-state index is -0.784. The third-order valence-electron chi connectivity index (χ3n) is 6.10. The molecule has 1 spiro atoms. The van der Waals surface area contributed by atoms with E-state index in [9.17, 15) is 9.90 Å². The Morgan fingerprint density at radius 1 is 1.36 bits per heavy atom. The number of aromatic nitrogens is 2. The standard InChI is InChI=1S/C20H26N4O3S/c1-14-3-7-21-13-15(14)16(25)23-19(2)6-11-27-20(17(19)26)4-9-24(10-5-20)18-22-8-12-28-18/h3,7-8,12-13,17,26H,4-6,9-11H2,1-2H3,(H,23,25)/t17?,19-/m1/s1. The minimum absolute atomic E-state index is 0.204. The summed E-state index contributed by atoms with van der Waals surface area (Å²) in [6.45, 7) is 5.86. The highest BCUT2D eigenvalue weighted by atomic mass is 32.1. The third-order valence-corrected chi connectivity index (χ3v) is 6.93. The van der Waals surface area contributed by atoms with E-state index in [1.807, 2.05) is 31.5 Å². The number of amides is 1. The second kappa shape index (κ2) is 7.42. The largest absolute Gasteiger partial charge is 0.388 e. The highest BCUT2D eigenvalue weighted by Gasteiger charge is 2.54. The molecule has 2 aliphatic rings. The van der Waals surface area contributed by atoms with Crippen molar-refractivity contribution in [3.05, 3.63) is 41.2 Å². The fourth-order valence-electron chi connectivity index (χ4n) is 4.29. The predicted octanol–water partition coefficient (Wildman–Crippen LogP) is 2.16. The number of anilines is 1. The lowest BCUT2D eigenvalue weighted by molar-refractivity contribution is -0.195. The maximum absolute atomic E-state index is 12.8. The average Bonchev–Trinajstić information content (AvgIpc) is 3.22. The van der Waals surface area contributed by atoms with Crippen molar-refractivity contribution in [3.8, 4) is 0 Å². The molecule has 2 atom stereocenters. The fraction of sp³-hybridized carbons (Fsp3) is 0.550. The van der Waals surface area contributed by atoms with Gasteiger partial charge in [-0.05, 0) is 44.7 Å². The van der Waals surface area contributed by atoms with Crippen LogP contribution in [0.3, 0.4) is 0 Å². The highest BCUT2D eigenvalue weighted by Crippen LogP contribution is 2.41. The number of aliphatic hydroxyl groups excluding tert-OH is 1. The van der Waals surface area contributed by atoms with E-state index in [0.29, 0.717) is 31.4 Å². The quantitative estimate of drug-likeness (QED) is 0.818. The fourth-order valence-corrected chi connectivity index (χ4v) is 4.98. The number of nitrogens with zero attached hydrogens (tertiary/aromatic N) is 3. The molecular formula is C20H26N4O3S. The Balaban J connectivity index is 1.49. The maximum Gasteiger partial charge on any atom is 0.253 e. The van der Waals surface area contributed by atoms with Gasteiger partial charge >= 0.3 is 0 Å². The zero-order chi connectivity index (χ0) is 19.8. The second-order valence-corrected chi connectivity index (χ2v) is 8.80. The van der Waals surface area contributed by atoms with Gasteiger partial charge in [-0.3, -0.25) is 9.78 Å². The zero-order valence-electron chi connectivity index (χ0n) is 16.2. The van der Waals surface area contributed by atoms with E-state index in [-0.39, 0.29) is 5.91 Å². The molecule has 4 rings (SSSR count). The molecule has 2 aromatic rings. The molecule has 2 aliphatic heterocycles. The number of rotatable bonds is 3. The Hall–Kier alpha value is -2.03. The molecule has 4 heterocycles. The first-order valence-corrected chi connectivity index (χ1v) is 10.5. The van der Waals surface area contributed by atoms with Crippen LogP contribution < -0.4 is 10.2 Å². The molecule has 0 bridgehead atoms. The number of hydrogen-bond donors (Lipinski definition) is 2. The van der Waals surface area contributed by atoms with E-state index in [1.165, 1.54) is 0 Å². The van der Waals surface area contributed by atoms with Crippen molar-refractivity contribution < 1.29 is 14.6 Å². The molecule has 2 aromatic heterocycles. The molecular weight excluding hydrogens is 376 g/mol. The number of carbonyl (C=O) groups is 1. The van der Waals surface area contributed by atoms with Gasteiger partial charge in [-0.2, -0.15) is 0 Å². The predicted molar refractivity (Wildman–Crippen MR) is 108 cm³/mol. The molecule has 2 fully saturated rings. The van der Waals surface area contributed by atoms with Crippen LogP contribution in [0.1, 0.15) is 42.1 Å². The van der Waals surface area contributed by atoms with E-state index in [4.69, 9.17) is 4.74 Å². The molecule has 2 saturated heterocycles. The lowest BCUT2D eigenvalue weighted by Gasteiger charge is -2.53. The number of carbonyl (C=O) groups excluding carboxylic acids is 1. The highest BCUT2D eigenvalue weighted by molar-refractivity contribution is 7.13. The molecule has 1 unspecified atom stereocenters. The number of pyridine rings is 1. The number of ether oxygens (including phenoxy) is 1. The zero-order valence-corrected chi connectivity index (χ0v) is 17.0. The molecule has 7 nitrogen and oxygen atoms in total. The van der Waals surface area contributed by atoms with E-state index in [0.717, 1.165) is 23.8 Å². The van der Waals surface area contributed by atoms with Gasteiger partial charge in [-0.1, -0.05) is 0 Å². The summed E-state index contributed by atoms with van der Waals surface area (Å²) < 4.78 is 6.13.